The van der Waals surface area contributed by atoms with Gasteiger partial charge in [-0.2, -0.15) is 0 Å². The van der Waals surface area contributed by atoms with Gasteiger partial charge in [-0.05, 0) is 42.5 Å². The van der Waals surface area contributed by atoms with E-state index in [9.17, 15) is 4.79 Å². The summed E-state index contributed by atoms with van der Waals surface area (Å²) in [5.74, 6) is 1.30. The Morgan fingerprint density at radius 3 is 2.65 bits per heavy atom. The molecule has 2 aromatic rings. The van der Waals surface area contributed by atoms with Crippen LogP contribution in [0.3, 0.4) is 0 Å². The van der Waals surface area contributed by atoms with Gasteiger partial charge in [-0.25, -0.2) is 0 Å². The lowest BCUT2D eigenvalue weighted by Crippen LogP contribution is -2.27. The summed E-state index contributed by atoms with van der Waals surface area (Å²) in [4.78, 5) is 14.3. The monoisotopic (exact) mass is 307 g/mol. The number of hydrogen-bond acceptors (Lipinski definition) is 3. The number of amides is 1. The fraction of sp³-hybridized carbons (Fsp3) is 0.105. The second-order valence-electron chi connectivity index (χ2n) is 5.12. The first-order valence-corrected chi connectivity index (χ1v) is 7.25. The first-order chi connectivity index (χ1) is 11.2. The lowest BCUT2D eigenvalue weighted by Gasteiger charge is -2.17. The van der Waals surface area contributed by atoms with Crippen LogP contribution in [0.15, 0.2) is 66.4 Å². The third-order valence-corrected chi connectivity index (χ3v) is 3.67. The molecule has 0 aliphatic carbocycles. The van der Waals surface area contributed by atoms with E-state index in [1.807, 2.05) is 54.6 Å². The number of nitrogens with zero attached hydrogens (tertiary/aromatic N) is 1. The van der Waals surface area contributed by atoms with Crippen molar-refractivity contribution >= 4 is 17.7 Å². The van der Waals surface area contributed by atoms with Crippen molar-refractivity contribution in [2.75, 3.05) is 19.1 Å². The number of carbonyl (C=O) groups is 1. The van der Waals surface area contributed by atoms with Crippen LogP contribution in [0.5, 0.6) is 11.5 Å². The van der Waals surface area contributed by atoms with Crippen LogP contribution in [0.2, 0.25) is 0 Å². The Kier molecular flexibility index (Phi) is 4.15. The SMILES string of the molecule is COc1ccc2c(c1)C=C(C(=O)N(C)c1ccccc1)C=CO2. The highest BCUT2D eigenvalue weighted by Crippen LogP contribution is 2.29. The van der Waals surface area contributed by atoms with Gasteiger partial charge in [0, 0.05) is 23.9 Å². The second-order valence-corrected chi connectivity index (χ2v) is 5.12. The smallest absolute Gasteiger partial charge is 0.258 e. The average Bonchev–Trinajstić information content (AvgIpc) is 2.82. The van der Waals surface area contributed by atoms with Crippen molar-refractivity contribution in [3.63, 3.8) is 0 Å². The maximum Gasteiger partial charge on any atom is 0.258 e. The van der Waals surface area contributed by atoms with Crippen molar-refractivity contribution < 1.29 is 14.3 Å². The zero-order valence-electron chi connectivity index (χ0n) is 13.0. The van der Waals surface area contributed by atoms with Gasteiger partial charge in [0.2, 0.25) is 0 Å². The predicted molar refractivity (Wildman–Crippen MR) is 90.6 cm³/mol. The molecule has 1 aliphatic rings. The van der Waals surface area contributed by atoms with E-state index in [1.54, 1.807) is 25.1 Å². The summed E-state index contributed by atoms with van der Waals surface area (Å²) >= 11 is 0. The van der Waals surface area contributed by atoms with Crippen LogP contribution in [0, 0.1) is 0 Å². The molecule has 1 aliphatic heterocycles. The molecule has 1 heterocycles. The number of ether oxygens (including phenoxy) is 2. The normalized spacial score (nSPS) is 12.5. The van der Waals surface area contributed by atoms with E-state index < -0.39 is 0 Å². The highest BCUT2D eigenvalue weighted by Gasteiger charge is 2.17. The molecule has 0 spiro atoms. The van der Waals surface area contributed by atoms with Crippen LogP contribution in [-0.2, 0) is 4.79 Å². The number of rotatable bonds is 3. The topological polar surface area (TPSA) is 38.8 Å². The molecule has 116 valence electrons. The molecule has 2 aromatic carbocycles. The summed E-state index contributed by atoms with van der Waals surface area (Å²) in [5.41, 5.74) is 2.19. The van der Waals surface area contributed by atoms with Crippen molar-refractivity contribution in [2.24, 2.45) is 0 Å². The third-order valence-electron chi connectivity index (χ3n) is 3.67. The van der Waals surface area contributed by atoms with Gasteiger partial charge in [-0.3, -0.25) is 4.79 Å². The summed E-state index contributed by atoms with van der Waals surface area (Å²) in [7, 11) is 3.36. The number of anilines is 1. The van der Waals surface area contributed by atoms with E-state index >= 15 is 0 Å². The Bertz CT molecular complexity index is 778. The summed E-state index contributed by atoms with van der Waals surface area (Å²) in [5, 5.41) is 0. The first kappa shape index (κ1) is 14.9. The van der Waals surface area contributed by atoms with Gasteiger partial charge in [0.05, 0.1) is 13.4 Å². The standard InChI is InChI=1S/C19H17NO3/c1-20(16-6-4-3-5-7-16)19(21)14-10-11-23-18-9-8-17(22-2)13-15(18)12-14/h3-13H,1-2H3. The van der Waals surface area contributed by atoms with E-state index in [2.05, 4.69) is 0 Å². The molecule has 4 nitrogen and oxygen atoms in total. The van der Waals surface area contributed by atoms with E-state index in [0.29, 0.717) is 17.1 Å². The van der Waals surface area contributed by atoms with Gasteiger partial charge in [-0.15, -0.1) is 0 Å². The lowest BCUT2D eigenvalue weighted by molar-refractivity contribution is -0.114. The predicted octanol–water partition coefficient (Wildman–Crippen LogP) is 3.65. The second kappa shape index (κ2) is 6.40. The summed E-state index contributed by atoms with van der Waals surface area (Å²) in [6, 6.07) is 15.0. The van der Waals surface area contributed by atoms with Gasteiger partial charge in [-0.1, -0.05) is 18.2 Å². The van der Waals surface area contributed by atoms with Gasteiger partial charge >= 0.3 is 0 Å². The molecule has 3 rings (SSSR count). The van der Waals surface area contributed by atoms with Crippen molar-refractivity contribution in [3.8, 4) is 11.5 Å². The Labute approximate surface area is 135 Å². The summed E-state index contributed by atoms with van der Waals surface area (Å²) in [6.45, 7) is 0. The van der Waals surface area contributed by atoms with E-state index in [-0.39, 0.29) is 5.91 Å². The molecule has 0 N–H and O–H groups in total. The quantitative estimate of drug-likeness (QED) is 0.869. The van der Waals surface area contributed by atoms with E-state index in [0.717, 1.165) is 11.3 Å². The molecule has 0 aromatic heterocycles. The molecule has 1 amide bonds. The van der Waals surface area contributed by atoms with Crippen molar-refractivity contribution in [1.29, 1.82) is 0 Å². The minimum atomic E-state index is -0.105. The Morgan fingerprint density at radius 1 is 1.13 bits per heavy atom. The molecule has 23 heavy (non-hydrogen) atoms. The lowest BCUT2D eigenvalue weighted by atomic mass is 10.1. The molecule has 0 bridgehead atoms. The number of carbonyl (C=O) groups excluding carboxylic acids is 1. The van der Waals surface area contributed by atoms with Crippen LogP contribution in [0.1, 0.15) is 5.56 Å². The zero-order valence-corrected chi connectivity index (χ0v) is 13.0. The van der Waals surface area contributed by atoms with Gasteiger partial charge < -0.3 is 14.4 Å². The molecule has 0 saturated carbocycles. The van der Waals surface area contributed by atoms with Gasteiger partial charge in [0.15, 0.2) is 0 Å². The number of benzene rings is 2. The zero-order chi connectivity index (χ0) is 16.2. The molecular formula is C19H17NO3. The van der Waals surface area contributed by atoms with Crippen LogP contribution in [0.4, 0.5) is 5.69 Å². The minimum absolute atomic E-state index is 0.105. The van der Waals surface area contributed by atoms with Crippen LogP contribution in [0.25, 0.3) is 6.08 Å². The molecular weight excluding hydrogens is 290 g/mol. The fourth-order valence-corrected chi connectivity index (χ4v) is 2.37. The Balaban J connectivity index is 1.95. The van der Waals surface area contributed by atoms with Crippen LogP contribution < -0.4 is 14.4 Å². The Morgan fingerprint density at radius 2 is 1.91 bits per heavy atom. The highest BCUT2D eigenvalue weighted by molar-refractivity contribution is 6.10. The average molecular weight is 307 g/mol. The third kappa shape index (κ3) is 3.11. The van der Waals surface area contributed by atoms with E-state index in [4.69, 9.17) is 9.47 Å². The molecule has 0 unspecified atom stereocenters. The number of fused-ring (bicyclic) bond motifs is 1. The molecule has 0 atom stereocenters. The number of likely N-dealkylation sites (N-methyl/N-ethyl adjacent to an activating group) is 1. The minimum Gasteiger partial charge on any atom is -0.497 e. The fourth-order valence-electron chi connectivity index (χ4n) is 2.37. The number of methoxy groups -OCH3 is 1. The maximum atomic E-state index is 12.7. The van der Waals surface area contributed by atoms with Crippen LogP contribution in [-0.4, -0.2) is 20.1 Å². The highest BCUT2D eigenvalue weighted by atomic mass is 16.5. The maximum absolute atomic E-state index is 12.7. The largest absolute Gasteiger partial charge is 0.497 e. The van der Waals surface area contributed by atoms with Gasteiger partial charge in [0.25, 0.3) is 5.91 Å². The number of para-hydroxylation sites is 1. The molecule has 0 fully saturated rings. The van der Waals surface area contributed by atoms with Gasteiger partial charge in [0.1, 0.15) is 11.5 Å². The number of hydrogen-bond donors (Lipinski definition) is 0. The molecule has 4 heteroatoms. The molecule has 0 radical (unpaired) electrons. The Hall–Kier alpha value is -3.01. The first-order valence-electron chi connectivity index (χ1n) is 7.25. The summed E-state index contributed by atoms with van der Waals surface area (Å²) in [6.07, 6.45) is 5.01. The van der Waals surface area contributed by atoms with Crippen molar-refractivity contribution in [1.82, 2.24) is 0 Å². The van der Waals surface area contributed by atoms with E-state index in [1.165, 1.54) is 6.26 Å². The summed E-state index contributed by atoms with van der Waals surface area (Å²) < 4.78 is 10.8. The molecule has 0 saturated heterocycles. The van der Waals surface area contributed by atoms with Crippen molar-refractivity contribution in [3.05, 3.63) is 72.0 Å². The van der Waals surface area contributed by atoms with Crippen LogP contribution >= 0.6 is 0 Å². The van der Waals surface area contributed by atoms with Crippen molar-refractivity contribution in [2.45, 2.75) is 0 Å².